The zero-order valence-electron chi connectivity index (χ0n) is 13.6. The van der Waals surface area contributed by atoms with Crippen molar-refractivity contribution in [2.45, 2.75) is 26.2 Å². The van der Waals surface area contributed by atoms with Crippen LogP contribution in [0.1, 0.15) is 46.9 Å². The first-order chi connectivity index (χ1) is 11.6. The Morgan fingerprint density at radius 1 is 1.12 bits per heavy atom. The van der Waals surface area contributed by atoms with E-state index in [-0.39, 0.29) is 23.5 Å². The number of hydrogen-bond donors (Lipinski definition) is 0. The average Bonchev–Trinajstić information content (AvgIpc) is 2.82. The molecule has 7 nitrogen and oxygen atoms in total. The minimum Gasteiger partial charge on any atom is -0.330 e. The molecule has 2 amide bonds. The predicted molar refractivity (Wildman–Crippen MR) is 83.6 cm³/mol. The van der Waals surface area contributed by atoms with Crippen molar-refractivity contribution in [3.8, 4) is 0 Å². The van der Waals surface area contributed by atoms with Crippen molar-refractivity contribution < 1.29 is 24.1 Å². The monoisotopic (exact) mass is 332 g/mol. The van der Waals surface area contributed by atoms with Gasteiger partial charge >= 0.3 is 5.97 Å². The largest absolute Gasteiger partial charge is 0.333 e. The zero-order valence-corrected chi connectivity index (χ0v) is 13.6. The number of nitrogens with zero attached hydrogens (tertiary/aromatic N) is 2. The Bertz CT molecular complexity index is 617. The molecule has 0 spiro atoms. The van der Waals surface area contributed by atoms with Crippen LogP contribution in [0.2, 0.25) is 0 Å². The second-order valence-corrected chi connectivity index (χ2v) is 5.91. The molecule has 2 aliphatic rings. The van der Waals surface area contributed by atoms with Crippen LogP contribution in [0, 0.1) is 5.92 Å². The highest BCUT2D eigenvalue weighted by Gasteiger charge is 2.38. The summed E-state index contributed by atoms with van der Waals surface area (Å²) in [5, 5.41) is 2.47. The molecule has 0 bridgehead atoms. The molecular weight excluding hydrogens is 312 g/mol. The fourth-order valence-electron chi connectivity index (χ4n) is 3.05. The van der Waals surface area contributed by atoms with Crippen LogP contribution in [0.3, 0.4) is 0 Å². The number of fused-ring (bicyclic) bond motifs is 1. The number of rotatable bonds is 5. The summed E-state index contributed by atoms with van der Waals surface area (Å²) in [7, 11) is 0. The second-order valence-electron chi connectivity index (χ2n) is 5.91. The molecule has 1 aromatic rings. The Labute approximate surface area is 140 Å². The third-order valence-corrected chi connectivity index (χ3v) is 4.29. The van der Waals surface area contributed by atoms with Crippen LogP contribution in [0.4, 0.5) is 0 Å². The van der Waals surface area contributed by atoms with Gasteiger partial charge in [-0.3, -0.25) is 14.4 Å². The highest BCUT2D eigenvalue weighted by atomic mass is 16.7. The first-order valence-corrected chi connectivity index (χ1v) is 8.16. The van der Waals surface area contributed by atoms with Gasteiger partial charge in [0.2, 0.25) is 0 Å². The lowest BCUT2D eigenvalue weighted by Crippen LogP contribution is -2.36. The van der Waals surface area contributed by atoms with Gasteiger partial charge in [-0.25, -0.2) is 4.79 Å². The lowest BCUT2D eigenvalue weighted by Gasteiger charge is -2.30. The van der Waals surface area contributed by atoms with E-state index in [0.717, 1.165) is 25.9 Å². The maximum Gasteiger partial charge on any atom is 0.333 e. The van der Waals surface area contributed by atoms with Gasteiger partial charge in [-0.15, -0.1) is 0 Å². The van der Waals surface area contributed by atoms with Gasteiger partial charge in [0, 0.05) is 13.1 Å². The molecule has 24 heavy (non-hydrogen) atoms. The maximum atomic E-state index is 12.2. The summed E-state index contributed by atoms with van der Waals surface area (Å²) in [4.78, 5) is 46.9. The normalized spacial score (nSPS) is 18.8. The highest BCUT2D eigenvalue weighted by molar-refractivity contribution is 6.20. The summed E-state index contributed by atoms with van der Waals surface area (Å²) >= 11 is 0. The molecule has 0 unspecified atom stereocenters. The van der Waals surface area contributed by atoms with Gasteiger partial charge in [0.1, 0.15) is 0 Å². The van der Waals surface area contributed by atoms with E-state index in [2.05, 4.69) is 0 Å². The molecule has 2 aliphatic heterocycles. The fourth-order valence-corrected chi connectivity index (χ4v) is 3.05. The molecule has 0 aliphatic carbocycles. The van der Waals surface area contributed by atoms with Crippen molar-refractivity contribution in [3.63, 3.8) is 0 Å². The first-order valence-electron chi connectivity index (χ1n) is 8.16. The van der Waals surface area contributed by atoms with Crippen LogP contribution in [0.25, 0.3) is 0 Å². The van der Waals surface area contributed by atoms with Crippen LogP contribution >= 0.6 is 0 Å². The molecule has 0 N–H and O–H groups in total. The Kier molecular flexibility index (Phi) is 4.92. The molecule has 2 heterocycles. The summed E-state index contributed by atoms with van der Waals surface area (Å²) in [6, 6.07) is 6.43. The van der Waals surface area contributed by atoms with Gasteiger partial charge in [0.15, 0.2) is 0 Å². The number of amides is 2. The molecule has 1 saturated heterocycles. The average molecular weight is 332 g/mol. The third kappa shape index (κ3) is 3.32. The van der Waals surface area contributed by atoms with Crippen molar-refractivity contribution in [1.82, 2.24) is 10.1 Å². The molecule has 0 radical (unpaired) electrons. The Morgan fingerprint density at radius 3 is 2.25 bits per heavy atom. The summed E-state index contributed by atoms with van der Waals surface area (Å²) in [5.41, 5.74) is 0.528. The van der Waals surface area contributed by atoms with E-state index in [1.54, 1.807) is 24.3 Å². The molecule has 1 fully saturated rings. The van der Waals surface area contributed by atoms with Gasteiger partial charge in [0.25, 0.3) is 11.8 Å². The fraction of sp³-hybridized carbons (Fsp3) is 0.471. The van der Waals surface area contributed by atoms with Crippen molar-refractivity contribution in [2.24, 2.45) is 5.92 Å². The molecule has 3 rings (SSSR count). The van der Waals surface area contributed by atoms with Crippen LogP contribution < -0.4 is 0 Å². The van der Waals surface area contributed by atoms with Crippen molar-refractivity contribution >= 4 is 17.8 Å². The lowest BCUT2D eigenvalue weighted by atomic mass is 9.95. The molecule has 1 aromatic carbocycles. The molecule has 0 saturated carbocycles. The molecule has 128 valence electrons. The molecular formula is C17H20N2O5. The third-order valence-electron chi connectivity index (χ3n) is 4.29. The smallest absolute Gasteiger partial charge is 0.330 e. The van der Waals surface area contributed by atoms with Gasteiger partial charge in [-0.2, -0.15) is 5.06 Å². The summed E-state index contributed by atoms with van der Waals surface area (Å²) < 4.78 is 0. The van der Waals surface area contributed by atoms with Crippen molar-refractivity contribution in [3.05, 3.63) is 35.4 Å². The van der Waals surface area contributed by atoms with Crippen LogP contribution in [0.15, 0.2) is 24.3 Å². The first kappa shape index (κ1) is 16.6. The Morgan fingerprint density at radius 2 is 1.71 bits per heavy atom. The number of hydrogen-bond acceptors (Lipinski definition) is 6. The zero-order chi connectivity index (χ0) is 17.1. The van der Waals surface area contributed by atoms with E-state index in [9.17, 15) is 14.4 Å². The van der Waals surface area contributed by atoms with Gasteiger partial charge in [-0.1, -0.05) is 17.2 Å². The summed E-state index contributed by atoms with van der Waals surface area (Å²) in [6.45, 7) is 4.09. The number of hydroxylamine groups is 4. The predicted octanol–water partition coefficient (Wildman–Crippen LogP) is 1.79. The maximum absolute atomic E-state index is 12.2. The number of imide groups is 1. The van der Waals surface area contributed by atoms with Crippen molar-refractivity contribution in [2.75, 3.05) is 19.7 Å². The van der Waals surface area contributed by atoms with E-state index in [0.29, 0.717) is 11.7 Å². The minimum absolute atomic E-state index is 0.171. The van der Waals surface area contributed by atoms with Gasteiger partial charge in [-0.05, 0) is 37.8 Å². The van der Waals surface area contributed by atoms with Gasteiger partial charge in [0.05, 0.1) is 24.2 Å². The Balaban J connectivity index is 1.53. The van der Waals surface area contributed by atoms with Crippen LogP contribution in [0.5, 0.6) is 0 Å². The van der Waals surface area contributed by atoms with E-state index in [4.69, 9.17) is 9.68 Å². The quantitative estimate of drug-likeness (QED) is 0.765. The number of carbonyl (C=O) groups excluding carboxylic acids is 3. The number of benzene rings is 1. The SMILES string of the molecule is CCON1CCC(CC(=O)ON2C(=O)c3ccccc3C2=O)CC1. The number of carbonyl (C=O) groups is 3. The summed E-state index contributed by atoms with van der Waals surface area (Å²) in [6.07, 6.45) is 1.82. The van der Waals surface area contributed by atoms with E-state index in [1.165, 1.54) is 0 Å². The molecule has 0 aromatic heterocycles. The van der Waals surface area contributed by atoms with Crippen LogP contribution in [-0.4, -0.2) is 47.6 Å². The van der Waals surface area contributed by atoms with E-state index < -0.39 is 17.8 Å². The second kappa shape index (κ2) is 7.11. The van der Waals surface area contributed by atoms with Gasteiger partial charge < -0.3 is 4.84 Å². The Hall–Kier alpha value is -2.25. The van der Waals surface area contributed by atoms with Crippen LogP contribution in [-0.2, 0) is 14.5 Å². The lowest BCUT2D eigenvalue weighted by molar-refractivity contribution is -0.178. The molecule has 0 atom stereocenters. The topological polar surface area (TPSA) is 76.2 Å². The molecule has 7 heteroatoms. The van der Waals surface area contributed by atoms with Crippen molar-refractivity contribution in [1.29, 1.82) is 0 Å². The standard InChI is InChI=1S/C17H20N2O5/c1-2-23-18-9-7-12(8-10-18)11-15(20)24-19-16(21)13-5-3-4-6-14(13)17(19)22/h3-6,12H,2,7-11H2,1H3. The van der Waals surface area contributed by atoms with E-state index >= 15 is 0 Å². The van der Waals surface area contributed by atoms with E-state index in [1.807, 2.05) is 12.0 Å². The summed E-state index contributed by atoms with van der Waals surface area (Å²) in [5.74, 6) is -1.56. The highest BCUT2D eigenvalue weighted by Crippen LogP contribution is 2.25. The number of piperidine rings is 1. The minimum atomic E-state index is -0.588.